The molecule has 2 aromatic heterocycles. The lowest BCUT2D eigenvalue weighted by atomic mass is 10.1. The van der Waals surface area contributed by atoms with Crippen molar-refractivity contribution in [3.05, 3.63) is 12.7 Å². The van der Waals surface area contributed by atoms with Gasteiger partial charge in [0.1, 0.15) is 24.6 Å². The fourth-order valence-electron chi connectivity index (χ4n) is 4.41. The van der Waals surface area contributed by atoms with Crippen molar-refractivity contribution in [3.8, 4) is 0 Å². The zero-order valence-electron chi connectivity index (χ0n) is 21.7. The zero-order chi connectivity index (χ0) is 26.3. The number of aliphatic hydroxyl groups is 2. The summed E-state index contributed by atoms with van der Waals surface area (Å²) < 4.78 is 37.7. The normalized spacial score (nSPS) is 26.2. The second kappa shape index (κ2) is 10.2. The number of nitrogens with one attached hydrogen (secondary N) is 1. The average Bonchev–Trinajstić information content (AvgIpc) is 3.46. The molecule has 3 heterocycles. The van der Waals surface area contributed by atoms with Crippen LogP contribution in [0.5, 0.6) is 0 Å². The summed E-state index contributed by atoms with van der Waals surface area (Å²) in [6, 6.07) is 0.339. The molecule has 4 rings (SSSR count). The van der Waals surface area contributed by atoms with Crippen LogP contribution >= 0.6 is 7.82 Å². The first-order valence-electron chi connectivity index (χ1n) is 12.4. The number of ether oxygens (including phenoxy) is 1. The molecule has 2 fully saturated rings. The van der Waals surface area contributed by atoms with Crippen LogP contribution in [0.2, 0.25) is 0 Å². The van der Waals surface area contributed by atoms with Gasteiger partial charge in [-0.25, -0.2) is 19.5 Å². The summed E-state index contributed by atoms with van der Waals surface area (Å²) >= 11 is 0. The number of aliphatic hydroxyl groups excluding tert-OH is 2. The van der Waals surface area contributed by atoms with Gasteiger partial charge in [0.25, 0.3) is 0 Å². The lowest BCUT2D eigenvalue weighted by molar-refractivity contribution is -0.0612. The molecule has 202 valence electrons. The van der Waals surface area contributed by atoms with Crippen molar-refractivity contribution >= 4 is 24.8 Å². The van der Waals surface area contributed by atoms with Gasteiger partial charge in [0.05, 0.1) is 24.1 Å². The highest BCUT2D eigenvalue weighted by Crippen LogP contribution is 2.55. The molecule has 36 heavy (non-hydrogen) atoms. The van der Waals surface area contributed by atoms with Crippen LogP contribution in [0.15, 0.2) is 12.7 Å². The average molecular weight is 528 g/mol. The van der Waals surface area contributed by atoms with E-state index in [2.05, 4.69) is 20.3 Å². The zero-order valence-corrected chi connectivity index (χ0v) is 22.6. The van der Waals surface area contributed by atoms with E-state index in [1.54, 1.807) is 46.1 Å². The molecule has 1 saturated carbocycles. The van der Waals surface area contributed by atoms with E-state index in [0.29, 0.717) is 23.0 Å². The Bertz CT molecular complexity index is 1070. The fourth-order valence-corrected chi connectivity index (χ4v) is 6.22. The molecule has 0 unspecified atom stereocenters. The Morgan fingerprint density at radius 3 is 2.31 bits per heavy atom. The number of nitrogens with zero attached hydrogens (tertiary/aromatic N) is 4. The number of rotatable bonds is 8. The van der Waals surface area contributed by atoms with E-state index >= 15 is 0 Å². The van der Waals surface area contributed by atoms with Crippen LogP contribution in [-0.4, -0.2) is 71.9 Å². The van der Waals surface area contributed by atoms with Gasteiger partial charge < -0.3 is 20.3 Å². The quantitative estimate of drug-likeness (QED) is 0.432. The topological polar surface area (TPSA) is 150 Å². The van der Waals surface area contributed by atoms with Gasteiger partial charge in [-0.3, -0.25) is 18.1 Å². The van der Waals surface area contributed by atoms with Crippen molar-refractivity contribution in [1.29, 1.82) is 0 Å². The van der Waals surface area contributed by atoms with Crippen LogP contribution in [0.1, 0.15) is 73.5 Å². The van der Waals surface area contributed by atoms with E-state index in [4.69, 9.17) is 18.3 Å². The molecular weight excluding hydrogens is 489 g/mol. The summed E-state index contributed by atoms with van der Waals surface area (Å²) in [4.78, 5) is 13.1. The second-order valence-electron chi connectivity index (χ2n) is 11.4. The summed E-state index contributed by atoms with van der Waals surface area (Å²) in [6.45, 7) is 10.1. The highest BCUT2D eigenvalue weighted by atomic mass is 31.2. The van der Waals surface area contributed by atoms with Crippen LogP contribution in [0.4, 0.5) is 5.82 Å². The second-order valence-corrected chi connectivity index (χ2v) is 12.9. The Hall–Kier alpha value is -1.66. The first-order valence-corrected chi connectivity index (χ1v) is 13.8. The highest BCUT2D eigenvalue weighted by molar-refractivity contribution is 7.48. The minimum atomic E-state index is -4.02. The minimum Gasteiger partial charge on any atom is -0.387 e. The number of hydrogen-bond acceptors (Lipinski definition) is 11. The Kier molecular flexibility index (Phi) is 7.79. The number of fused-ring (bicyclic) bond motifs is 1. The third kappa shape index (κ3) is 6.42. The number of hydrogen-bond donors (Lipinski definition) is 3. The molecule has 0 bridgehead atoms. The molecule has 2 aliphatic rings. The first kappa shape index (κ1) is 27.4. The van der Waals surface area contributed by atoms with E-state index < -0.39 is 43.6 Å². The van der Waals surface area contributed by atoms with Crippen molar-refractivity contribution in [2.75, 3.05) is 11.9 Å². The Morgan fingerprint density at radius 1 is 1.06 bits per heavy atom. The number of phosphoric acid groups is 1. The third-order valence-electron chi connectivity index (χ3n) is 5.83. The van der Waals surface area contributed by atoms with Crippen LogP contribution in [0.25, 0.3) is 11.2 Å². The standard InChI is InChI=1S/C23H38N5O7P/c1-22(2,3)34-36(31,35-23(4,5)6)32-11-15-17(29)18(30)21(33-15)28-13-26-16-19(24-12-25-20(16)28)27-14-9-7-8-10-14/h12-15,17-18,21,29-30H,7-11H2,1-6H3,(H,24,25,27)/t15-,17-,18-,21-/m1/s1. The summed E-state index contributed by atoms with van der Waals surface area (Å²) in [7, 11) is -4.02. The predicted octanol–water partition coefficient (Wildman–Crippen LogP) is 3.55. The molecule has 0 radical (unpaired) electrons. The van der Waals surface area contributed by atoms with Gasteiger partial charge >= 0.3 is 7.82 Å². The van der Waals surface area contributed by atoms with E-state index in [0.717, 1.165) is 12.8 Å². The van der Waals surface area contributed by atoms with E-state index in [1.807, 2.05) is 0 Å². The number of imidazole rings is 1. The molecule has 0 aromatic carbocycles. The molecule has 0 spiro atoms. The SMILES string of the molecule is CC(C)(C)OP(=O)(OC[C@H]1O[C@@H](n2cnc3c(NC4CCCC4)ncnc32)[C@H](O)[C@@H]1O)OC(C)(C)C. The van der Waals surface area contributed by atoms with Gasteiger partial charge in [-0.05, 0) is 54.4 Å². The van der Waals surface area contributed by atoms with Crippen molar-refractivity contribution < 1.29 is 33.1 Å². The molecule has 1 saturated heterocycles. The van der Waals surface area contributed by atoms with Crippen LogP contribution in [0, 0.1) is 0 Å². The van der Waals surface area contributed by atoms with Crippen molar-refractivity contribution in [2.45, 2.75) is 109 Å². The molecule has 12 nitrogen and oxygen atoms in total. The molecule has 1 aliphatic carbocycles. The van der Waals surface area contributed by atoms with Gasteiger partial charge in [0, 0.05) is 6.04 Å². The predicted molar refractivity (Wildman–Crippen MR) is 132 cm³/mol. The van der Waals surface area contributed by atoms with Crippen molar-refractivity contribution in [3.63, 3.8) is 0 Å². The fraction of sp³-hybridized carbons (Fsp3) is 0.783. The van der Waals surface area contributed by atoms with Crippen LogP contribution in [-0.2, 0) is 22.9 Å². The van der Waals surface area contributed by atoms with Crippen molar-refractivity contribution in [2.24, 2.45) is 0 Å². The highest BCUT2D eigenvalue weighted by Gasteiger charge is 2.46. The van der Waals surface area contributed by atoms with Crippen LogP contribution < -0.4 is 5.32 Å². The van der Waals surface area contributed by atoms with Gasteiger partial charge in [0.2, 0.25) is 0 Å². The molecule has 13 heteroatoms. The van der Waals surface area contributed by atoms with Gasteiger partial charge in [-0.15, -0.1) is 0 Å². The number of aromatic nitrogens is 4. The number of phosphoric ester groups is 1. The first-order chi connectivity index (χ1) is 16.7. The summed E-state index contributed by atoms with van der Waals surface area (Å²) in [5.74, 6) is 0.623. The lowest BCUT2D eigenvalue weighted by Gasteiger charge is -2.31. The maximum Gasteiger partial charge on any atom is 0.475 e. The van der Waals surface area contributed by atoms with Crippen LogP contribution in [0.3, 0.4) is 0 Å². The molecule has 4 atom stereocenters. The van der Waals surface area contributed by atoms with Gasteiger partial charge in [-0.1, -0.05) is 12.8 Å². The molecule has 2 aromatic rings. The third-order valence-corrected chi connectivity index (χ3v) is 7.84. The minimum absolute atomic E-state index is 0.325. The van der Waals surface area contributed by atoms with E-state index in [1.165, 1.54) is 25.5 Å². The summed E-state index contributed by atoms with van der Waals surface area (Å²) in [5, 5.41) is 24.9. The monoisotopic (exact) mass is 527 g/mol. The molecular formula is C23H38N5O7P. The Labute approximate surface area is 211 Å². The van der Waals surface area contributed by atoms with Gasteiger partial charge in [0.15, 0.2) is 23.2 Å². The largest absolute Gasteiger partial charge is 0.475 e. The number of anilines is 1. The molecule has 3 N–H and O–H groups in total. The Morgan fingerprint density at radius 2 is 1.69 bits per heavy atom. The smallest absolute Gasteiger partial charge is 0.387 e. The summed E-state index contributed by atoms with van der Waals surface area (Å²) in [6.07, 6.45) is 2.83. The maximum atomic E-state index is 13.3. The molecule has 0 amide bonds. The summed E-state index contributed by atoms with van der Waals surface area (Å²) in [5.41, 5.74) is -0.605. The Balaban J connectivity index is 1.50. The molecule has 1 aliphatic heterocycles. The van der Waals surface area contributed by atoms with E-state index in [9.17, 15) is 14.8 Å². The van der Waals surface area contributed by atoms with E-state index in [-0.39, 0.29) is 6.61 Å². The lowest BCUT2D eigenvalue weighted by Crippen LogP contribution is -2.34. The maximum absolute atomic E-state index is 13.3. The van der Waals surface area contributed by atoms with Gasteiger partial charge in [-0.2, -0.15) is 0 Å². The van der Waals surface area contributed by atoms with Crippen molar-refractivity contribution in [1.82, 2.24) is 19.5 Å².